The van der Waals surface area contributed by atoms with Crippen LogP contribution >= 0.6 is 22.6 Å². The van der Waals surface area contributed by atoms with Crippen LogP contribution in [0.4, 0.5) is 10.5 Å². The minimum absolute atomic E-state index is 0.161. The van der Waals surface area contributed by atoms with E-state index in [9.17, 15) is 9.59 Å². The lowest BCUT2D eigenvalue weighted by Crippen LogP contribution is -2.50. The molecular weight excluding hydrogens is 479 g/mol. The summed E-state index contributed by atoms with van der Waals surface area (Å²) >= 11 is 2.21. The van der Waals surface area contributed by atoms with Gasteiger partial charge in [-0.15, -0.1) is 0 Å². The third-order valence-corrected chi connectivity index (χ3v) is 5.65. The Morgan fingerprint density at radius 1 is 1.00 bits per heavy atom. The van der Waals surface area contributed by atoms with E-state index >= 15 is 0 Å². The van der Waals surface area contributed by atoms with Gasteiger partial charge in [0.1, 0.15) is 6.04 Å². The van der Waals surface area contributed by atoms with Crippen LogP contribution in [-0.4, -0.2) is 49.1 Å². The molecule has 1 saturated heterocycles. The van der Waals surface area contributed by atoms with E-state index in [-0.39, 0.29) is 11.9 Å². The number of hydrogen-bond acceptors (Lipinski definition) is 3. The lowest BCUT2D eigenvalue weighted by atomic mass is 10.1. The Morgan fingerprint density at radius 3 is 2.38 bits per heavy atom. The largest absolute Gasteiger partial charge is 0.353 e. The van der Waals surface area contributed by atoms with Crippen molar-refractivity contribution in [2.45, 2.75) is 25.3 Å². The normalized spacial score (nSPS) is 14.9. The van der Waals surface area contributed by atoms with Gasteiger partial charge in [-0.1, -0.05) is 30.3 Å². The van der Waals surface area contributed by atoms with Crippen molar-refractivity contribution in [3.63, 3.8) is 0 Å². The molecule has 0 aliphatic carbocycles. The number of benzene rings is 2. The lowest BCUT2D eigenvalue weighted by molar-refractivity contribution is -0.122. The molecule has 3 rings (SSSR count). The second-order valence-electron chi connectivity index (χ2n) is 7.19. The number of carbonyl (C=O) groups excluding carboxylic acids is 2. The Bertz CT molecular complexity index is 792. The standard InChI is InChI=1S/C22H27IN4O2/c23-18-8-10-19(11-9-18)25-22(29)26-20(16-17-6-2-1-3-7-17)21(28)24-12-15-27-13-4-5-14-27/h1-3,6-11,20H,4-5,12-16H2,(H,24,28)(H2,25,26,29)/t20-/m0/s1. The molecule has 6 nitrogen and oxygen atoms in total. The van der Waals surface area contributed by atoms with Crippen LogP contribution in [0, 0.1) is 3.57 Å². The lowest BCUT2D eigenvalue weighted by Gasteiger charge is -2.20. The number of hydrogen-bond donors (Lipinski definition) is 3. The van der Waals surface area contributed by atoms with Gasteiger partial charge >= 0.3 is 6.03 Å². The third kappa shape index (κ3) is 7.32. The number of halogens is 1. The molecule has 0 unspecified atom stereocenters. The maximum Gasteiger partial charge on any atom is 0.319 e. The van der Waals surface area contributed by atoms with Crippen molar-refractivity contribution in [3.05, 3.63) is 63.7 Å². The molecule has 0 saturated carbocycles. The number of urea groups is 1. The molecule has 0 aromatic heterocycles. The predicted octanol–water partition coefficient (Wildman–Crippen LogP) is 3.24. The van der Waals surface area contributed by atoms with Crippen LogP contribution < -0.4 is 16.0 Å². The first-order valence-electron chi connectivity index (χ1n) is 9.97. The molecule has 154 valence electrons. The molecule has 0 bridgehead atoms. The second-order valence-corrected chi connectivity index (χ2v) is 8.43. The first-order chi connectivity index (χ1) is 14.1. The summed E-state index contributed by atoms with van der Waals surface area (Å²) in [5.41, 5.74) is 1.69. The summed E-state index contributed by atoms with van der Waals surface area (Å²) in [4.78, 5) is 27.6. The number of nitrogens with one attached hydrogen (secondary N) is 3. The van der Waals surface area contributed by atoms with Crippen molar-refractivity contribution < 1.29 is 9.59 Å². The fraction of sp³-hybridized carbons (Fsp3) is 0.364. The smallest absolute Gasteiger partial charge is 0.319 e. The van der Waals surface area contributed by atoms with Gasteiger partial charge < -0.3 is 20.9 Å². The molecule has 0 spiro atoms. The molecule has 1 fully saturated rings. The van der Waals surface area contributed by atoms with Crippen molar-refractivity contribution >= 4 is 40.2 Å². The zero-order chi connectivity index (χ0) is 20.5. The summed E-state index contributed by atoms with van der Waals surface area (Å²) in [5.74, 6) is -0.161. The highest BCUT2D eigenvalue weighted by Gasteiger charge is 2.21. The molecule has 3 N–H and O–H groups in total. The Labute approximate surface area is 185 Å². The average molecular weight is 506 g/mol. The summed E-state index contributed by atoms with van der Waals surface area (Å²) in [6.07, 6.45) is 2.90. The van der Waals surface area contributed by atoms with Crippen LogP contribution in [0.15, 0.2) is 54.6 Å². The van der Waals surface area contributed by atoms with Crippen LogP contribution in [0.1, 0.15) is 18.4 Å². The molecule has 1 atom stereocenters. The zero-order valence-electron chi connectivity index (χ0n) is 16.4. The third-order valence-electron chi connectivity index (χ3n) is 4.93. The topological polar surface area (TPSA) is 73.5 Å². The molecule has 7 heteroatoms. The van der Waals surface area contributed by atoms with Crippen molar-refractivity contribution in [3.8, 4) is 0 Å². The van der Waals surface area contributed by atoms with E-state index < -0.39 is 6.04 Å². The highest BCUT2D eigenvalue weighted by Crippen LogP contribution is 2.11. The Morgan fingerprint density at radius 2 is 1.69 bits per heavy atom. The Kier molecular flexibility index (Phi) is 8.30. The van der Waals surface area contributed by atoms with E-state index in [0.717, 1.165) is 28.8 Å². The van der Waals surface area contributed by atoms with Gasteiger partial charge in [0.25, 0.3) is 0 Å². The van der Waals surface area contributed by atoms with E-state index in [4.69, 9.17) is 0 Å². The van der Waals surface area contributed by atoms with Crippen molar-refractivity contribution in [2.75, 3.05) is 31.5 Å². The maximum absolute atomic E-state index is 12.8. The summed E-state index contributed by atoms with van der Waals surface area (Å²) in [6.45, 7) is 3.63. The summed E-state index contributed by atoms with van der Waals surface area (Å²) < 4.78 is 1.09. The van der Waals surface area contributed by atoms with Gasteiger partial charge in [0, 0.05) is 28.8 Å². The number of rotatable bonds is 8. The van der Waals surface area contributed by atoms with E-state index in [1.54, 1.807) is 0 Å². The first kappa shape index (κ1) is 21.6. The number of amides is 3. The highest BCUT2D eigenvalue weighted by atomic mass is 127. The molecule has 1 aliphatic rings. The zero-order valence-corrected chi connectivity index (χ0v) is 18.5. The Balaban J connectivity index is 1.57. The van der Waals surface area contributed by atoms with Crippen LogP contribution in [-0.2, 0) is 11.2 Å². The first-order valence-corrected chi connectivity index (χ1v) is 11.0. The molecule has 2 aromatic carbocycles. The van der Waals surface area contributed by atoms with Gasteiger partial charge in [0.2, 0.25) is 5.91 Å². The van der Waals surface area contributed by atoms with E-state index in [1.165, 1.54) is 12.8 Å². The quantitative estimate of drug-likeness (QED) is 0.482. The average Bonchev–Trinajstić information content (AvgIpc) is 3.23. The van der Waals surface area contributed by atoms with Crippen LogP contribution in [0.25, 0.3) is 0 Å². The number of anilines is 1. The maximum atomic E-state index is 12.8. The minimum Gasteiger partial charge on any atom is -0.353 e. The van der Waals surface area contributed by atoms with Gasteiger partial charge in [-0.3, -0.25) is 4.79 Å². The second kappa shape index (κ2) is 11.2. The highest BCUT2D eigenvalue weighted by molar-refractivity contribution is 14.1. The molecule has 1 aliphatic heterocycles. The molecule has 0 radical (unpaired) electrons. The van der Waals surface area contributed by atoms with Crippen molar-refractivity contribution in [2.24, 2.45) is 0 Å². The predicted molar refractivity (Wildman–Crippen MR) is 124 cm³/mol. The van der Waals surface area contributed by atoms with Crippen molar-refractivity contribution in [1.82, 2.24) is 15.5 Å². The van der Waals surface area contributed by atoms with Gasteiger partial charge in [-0.25, -0.2) is 4.79 Å². The summed E-state index contributed by atoms with van der Waals surface area (Å²) in [6, 6.07) is 16.2. The van der Waals surface area contributed by atoms with Crippen molar-refractivity contribution in [1.29, 1.82) is 0 Å². The fourth-order valence-electron chi connectivity index (χ4n) is 3.38. The SMILES string of the molecule is O=C(Nc1ccc(I)cc1)N[C@@H](Cc1ccccc1)C(=O)NCCN1CCCC1. The number of likely N-dealkylation sites (tertiary alicyclic amines) is 1. The molecule has 1 heterocycles. The fourth-order valence-corrected chi connectivity index (χ4v) is 3.74. The van der Waals surface area contributed by atoms with Gasteiger partial charge in [0.05, 0.1) is 0 Å². The van der Waals surface area contributed by atoms with E-state index in [0.29, 0.717) is 18.7 Å². The molecule has 29 heavy (non-hydrogen) atoms. The Hall–Kier alpha value is -2.13. The van der Waals surface area contributed by atoms with Crippen LogP contribution in [0.3, 0.4) is 0 Å². The van der Waals surface area contributed by atoms with E-state index in [2.05, 4.69) is 43.4 Å². The monoisotopic (exact) mass is 506 g/mol. The number of nitrogens with zero attached hydrogens (tertiary/aromatic N) is 1. The summed E-state index contributed by atoms with van der Waals surface area (Å²) in [7, 11) is 0. The van der Waals surface area contributed by atoms with Gasteiger partial charge in [0.15, 0.2) is 0 Å². The van der Waals surface area contributed by atoms with Gasteiger partial charge in [-0.2, -0.15) is 0 Å². The molecule has 3 amide bonds. The van der Waals surface area contributed by atoms with Gasteiger partial charge in [-0.05, 0) is 78.4 Å². The number of carbonyl (C=O) groups is 2. The van der Waals surface area contributed by atoms with Crippen LogP contribution in [0.2, 0.25) is 0 Å². The van der Waals surface area contributed by atoms with Crippen LogP contribution in [0.5, 0.6) is 0 Å². The summed E-state index contributed by atoms with van der Waals surface area (Å²) in [5, 5.41) is 8.61. The molecule has 2 aromatic rings. The molecular formula is C22H27IN4O2. The minimum atomic E-state index is -0.639. The van der Waals surface area contributed by atoms with E-state index in [1.807, 2.05) is 54.6 Å².